The predicted molar refractivity (Wildman–Crippen MR) is 505 cm³/mol. The number of benzene rings is 18. The molecule has 576 valence electrons. The molecule has 0 saturated carbocycles. The highest BCUT2D eigenvalue weighted by molar-refractivity contribution is 7.00. The van der Waals surface area contributed by atoms with Crippen LogP contribution in [0.5, 0.6) is 69.0 Å². The molecule has 6 heterocycles. The van der Waals surface area contributed by atoms with Crippen LogP contribution >= 0.6 is 0 Å². The Morgan fingerprint density at radius 1 is 0.148 bits per heavy atom. The van der Waals surface area contributed by atoms with Crippen LogP contribution in [0.1, 0.15) is 27.8 Å². The molecular weight excluding hydrogens is 1490 g/mol. The van der Waals surface area contributed by atoms with Crippen LogP contribution in [0.3, 0.4) is 0 Å². The van der Waals surface area contributed by atoms with Crippen LogP contribution in [-0.2, 0) is 0 Å². The summed E-state index contributed by atoms with van der Waals surface area (Å²) in [5, 5.41) is 0. The third-order valence-electron chi connectivity index (χ3n) is 25.2. The summed E-state index contributed by atoms with van der Waals surface area (Å²) in [5.74, 6) is 10.6. The molecule has 6 nitrogen and oxygen atoms in total. The molecule has 24 rings (SSSR count). The number of ether oxygens (including phenoxy) is 6. The van der Waals surface area contributed by atoms with Crippen molar-refractivity contribution in [1.82, 2.24) is 0 Å². The molecule has 0 fully saturated rings. The maximum Gasteiger partial charge on any atom is 0.260 e. The summed E-state index contributed by atoms with van der Waals surface area (Å²) in [6, 6.07) is 137. The van der Waals surface area contributed by atoms with Gasteiger partial charge in [0.1, 0.15) is 69.0 Å². The van der Waals surface area contributed by atoms with E-state index in [2.05, 4.69) is 405 Å². The third-order valence-corrected chi connectivity index (χ3v) is 25.2. The highest BCUT2D eigenvalue weighted by Crippen LogP contribution is 2.48. The van der Waals surface area contributed by atoms with Gasteiger partial charge in [-0.1, -0.05) is 315 Å². The van der Waals surface area contributed by atoms with Crippen LogP contribution in [0.25, 0.3) is 100 Å². The summed E-state index contributed by atoms with van der Waals surface area (Å²) < 4.78 is 40.4. The minimum absolute atomic E-state index is 0.00467. The Labute approximate surface area is 712 Å². The van der Waals surface area contributed by atoms with Crippen molar-refractivity contribution in [3.8, 4) is 169 Å². The van der Waals surface area contributed by atoms with Gasteiger partial charge in [0.15, 0.2) is 0 Å². The largest absolute Gasteiger partial charge is 0.458 e. The lowest BCUT2D eigenvalue weighted by Gasteiger charge is -2.34. The van der Waals surface area contributed by atoms with Gasteiger partial charge in [0, 0.05) is 33.1 Å². The zero-order valence-electron chi connectivity index (χ0n) is 68.1. The fourth-order valence-corrected chi connectivity index (χ4v) is 19.1. The highest BCUT2D eigenvalue weighted by Gasteiger charge is 2.46. The smallest absolute Gasteiger partial charge is 0.260 e. The molecule has 0 amide bonds. The van der Waals surface area contributed by atoms with Crippen LogP contribution in [0.2, 0.25) is 0 Å². The molecule has 0 radical (unpaired) electrons. The summed E-state index contributed by atoms with van der Waals surface area (Å²) >= 11 is 0. The van der Waals surface area contributed by atoms with E-state index in [0.29, 0.717) is 0 Å². The zero-order chi connectivity index (χ0) is 81.6. The van der Waals surface area contributed by atoms with E-state index >= 15 is 0 Å². The number of hydrogen-bond acceptors (Lipinski definition) is 6. The van der Waals surface area contributed by atoms with Crippen LogP contribution in [0.4, 0.5) is 0 Å². The number of hydrogen-bond donors (Lipinski definition) is 0. The summed E-state index contributed by atoms with van der Waals surface area (Å²) in [5.41, 5.74) is 37.4. The van der Waals surface area contributed by atoms with Crippen molar-refractivity contribution in [1.29, 1.82) is 0 Å². The van der Waals surface area contributed by atoms with Crippen molar-refractivity contribution in [2.24, 2.45) is 0 Å². The Hall–Kier alpha value is -15.0. The summed E-state index contributed by atoms with van der Waals surface area (Å²) in [7, 11) is 0. The average molecular weight is 1570 g/mol. The first-order chi connectivity index (χ1) is 60.0. The van der Waals surface area contributed by atoms with E-state index in [1.165, 1.54) is 94.5 Å². The first-order valence-corrected chi connectivity index (χ1v) is 42.0. The van der Waals surface area contributed by atoms with Crippen LogP contribution in [-0.4, -0.2) is 20.1 Å². The van der Waals surface area contributed by atoms with E-state index in [1.807, 2.05) is 18.2 Å². The van der Waals surface area contributed by atoms with Gasteiger partial charge in [-0.15, -0.1) is 0 Å². The average Bonchev–Trinajstić information content (AvgIpc) is 0.724. The number of aryl methyl sites for hydroxylation is 5. The molecule has 122 heavy (non-hydrogen) atoms. The molecule has 6 aliphatic rings. The monoisotopic (exact) mass is 1560 g/mol. The third kappa shape index (κ3) is 12.9. The number of rotatable bonds is 9. The Morgan fingerprint density at radius 3 is 0.746 bits per heavy atom. The molecule has 18 aromatic rings. The van der Waals surface area contributed by atoms with Crippen molar-refractivity contribution in [3.63, 3.8) is 0 Å². The second-order valence-electron chi connectivity index (χ2n) is 32.5. The van der Waals surface area contributed by atoms with Gasteiger partial charge in [-0.25, -0.2) is 0 Å². The molecule has 18 aromatic carbocycles. The van der Waals surface area contributed by atoms with Crippen LogP contribution < -0.4 is 77.6 Å². The minimum atomic E-state index is -0.00902. The van der Waals surface area contributed by atoms with Gasteiger partial charge in [-0.3, -0.25) is 0 Å². The molecule has 0 bridgehead atoms. The second-order valence-corrected chi connectivity index (χ2v) is 32.5. The van der Waals surface area contributed by atoms with E-state index in [-0.39, 0.29) is 20.1 Å². The van der Waals surface area contributed by atoms with E-state index in [4.69, 9.17) is 28.4 Å². The lowest BCUT2D eigenvalue weighted by molar-refractivity contribution is 0.465. The molecule has 0 atom stereocenters. The van der Waals surface area contributed by atoms with Gasteiger partial charge in [0.05, 0.1) is 0 Å². The van der Waals surface area contributed by atoms with E-state index in [0.717, 1.165) is 152 Å². The SMILES string of the molecule is Cc1ccccc1-c1ccc2c(c1)B1c3ccc(-c4ccccc4)cc3Oc3ccc(-c4ccccc4C)c(c31)O2.Cc1ccccc1-c1ccc2c(c1)Oc1ccc(-c3ccccc3)c3c1B2c1cc(-c2ccccc2C)ccc1O3.Cc1ccccc1-c1ccc2c3c1Oc1ccc(-c4ccccc4)cc1B3c1ccc(-c3ccccc3)cc1O2. The van der Waals surface area contributed by atoms with Gasteiger partial charge in [0.25, 0.3) is 20.1 Å². The van der Waals surface area contributed by atoms with Gasteiger partial charge >= 0.3 is 0 Å². The quantitative estimate of drug-likeness (QED) is 0.134. The van der Waals surface area contributed by atoms with Crippen LogP contribution in [0.15, 0.2) is 388 Å². The summed E-state index contributed by atoms with van der Waals surface area (Å²) in [6.45, 7) is 10.8. The predicted octanol–water partition coefficient (Wildman–Crippen LogP) is 23.8. The lowest BCUT2D eigenvalue weighted by atomic mass is 9.34. The standard InChI is InChI=1S/2C38H27BO2.C37H25BO2/c1-24-10-6-8-14-29(24)27-17-20-34-33(22-27)39-32-19-16-28(30-15-9-7-11-25(30)2)23-36(32)40-35-21-18-31(38(41-34)37(35)39)26-12-4-3-5-13-26;1-24-10-6-8-14-29(24)28-17-20-34-33(22-28)39-32-19-16-27(26-12-4-3-5-13-26)23-36(32)40-35-21-18-31(38(41-34)37(35)39)30-15-9-7-11-25(30)2;1-24-10-8-9-15-29(24)30-18-21-34-36-37(30)40-33-20-17-27(25-11-4-2-5-12-25)22-32(33)38(36)31-19-16-28(23-35(31)39-34)26-13-6-3-7-14-26/h2*3-23H,1-2H3;2-23H,1H3. The summed E-state index contributed by atoms with van der Waals surface area (Å²) in [6.07, 6.45) is 0. The molecule has 0 aromatic heterocycles. The Bertz CT molecular complexity index is 7230. The van der Waals surface area contributed by atoms with Crippen molar-refractivity contribution in [2.45, 2.75) is 34.6 Å². The van der Waals surface area contributed by atoms with E-state index in [1.54, 1.807) is 0 Å². The van der Waals surface area contributed by atoms with Gasteiger partial charge in [-0.2, -0.15) is 0 Å². The van der Waals surface area contributed by atoms with Crippen LogP contribution in [0, 0.1) is 34.6 Å². The van der Waals surface area contributed by atoms with Gasteiger partial charge < -0.3 is 28.4 Å². The molecule has 0 saturated heterocycles. The second kappa shape index (κ2) is 30.4. The Morgan fingerprint density at radius 2 is 0.393 bits per heavy atom. The van der Waals surface area contributed by atoms with Gasteiger partial charge in [0.2, 0.25) is 0 Å². The number of fused-ring (bicyclic) bond motifs is 12. The maximum absolute atomic E-state index is 6.81. The Balaban J connectivity index is 0.000000109. The molecule has 0 aliphatic carbocycles. The van der Waals surface area contributed by atoms with Crippen molar-refractivity contribution in [3.05, 3.63) is 416 Å². The van der Waals surface area contributed by atoms with Crippen molar-refractivity contribution < 1.29 is 28.4 Å². The maximum atomic E-state index is 6.81. The minimum Gasteiger partial charge on any atom is -0.458 e. The topological polar surface area (TPSA) is 55.4 Å². The van der Waals surface area contributed by atoms with Crippen molar-refractivity contribution in [2.75, 3.05) is 0 Å². The first-order valence-electron chi connectivity index (χ1n) is 42.0. The van der Waals surface area contributed by atoms with Crippen molar-refractivity contribution >= 4 is 69.3 Å². The molecule has 0 spiro atoms. The van der Waals surface area contributed by atoms with Gasteiger partial charge in [-0.05, 0) is 251 Å². The molecule has 0 N–H and O–H groups in total. The van der Waals surface area contributed by atoms with E-state index < -0.39 is 0 Å². The fourth-order valence-electron chi connectivity index (χ4n) is 19.1. The first kappa shape index (κ1) is 73.3. The fraction of sp³-hybridized carbons (Fsp3) is 0.0442. The lowest BCUT2D eigenvalue weighted by Crippen LogP contribution is -2.57. The molecule has 6 aliphatic heterocycles. The van der Waals surface area contributed by atoms with E-state index in [9.17, 15) is 0 Å². The highest BCUT2D eigenvalue weighted by atomic mass is 16.5. The summed E-state index contributed by atoms with van der Waals surface area (Å²) in [4.78, 5) is 0. The Kier molecular flexibility index (Phi) is 18.3. The molecule has 9 heteroatoms. The molecular formula is C113H79B3O6. The zero-order valence-corrected chi connectivity index (χ0v) is 68.1. The normalized spacial score (nSPS) is 12.5. The molecule has 0 unspecified atom stereocenters.